The predicted octanol–water partition coefficient (Wildman–Crippen LogP) is 2.06. The number of aromatic nitrogens is 1. The molecule has 1 aromatic heterocycles. The predicted molar refractivity (Wildman–Crippen MR) is 93.0 cm³/mol. The Hall–Kier alpha value is -2.70. The molecule has 0 fully saturated rings. The second-order valence-corrected chi connectivity index (χ2v) is 5.67. The molecule has 0 spiro atoms. The number of hydrogen-bond donors (Lipinski definition) is 3. The summed E-state index contributed by atoms with van der Waals surface area (Å²) < 4.78 is 0. The summed E-state index contributed by atoms with van der Waals surface area (Å²) in [7, 11) is 0. The summed E-state index contributed by atoms with van der Waals surface area (Å²) in [6.07, 6.45) is 1.81. The first-order valence-electron chi connectivity index (χ1n) is 7.70. The largest absolute Gasteiger partial charge is 0.374 e. The van der Waals surface area contributed by atoms with Gasteiger partial charge in [0.05, 0.1) is 5.57 Å². The SMILES string of the molecule is CC(O)N(c1ccc(C=C2C(=O)Nc3ncccc32)cc1)C(C)O. The molecule has 6 nitrogen and oxygen atoms in total. The van der Waals surface area contributed by atoms with E-state index in [9.17, 15) is 15.0 Å². The molecule has 2 unspecified atom stereocenters. The Labute approximate surface area is 140 Å². The number of aliphatic hydroxyl groups is 2. The van der Waals surface area contributed by atoms with Crippen LogP contribution in [0.3, 0.4) is 0 Å². The van der Waals surface area contributed by atoms with E-state index in [4.69, 9.17) is 0 Å². The average molecular weight is 325 g/mol. The topological polar surface area (TPSA) is 85.7 Å². The van der Waals surface area contributed by atoms with Crippen molar-refractivity contribution in [3.05, 3.63) is 53.7 Å². The van der Waals surface area contributed by atoms with E-state index in [1.165, 1.54) is 4.90 Å². The number of rotatable bonds is 4. The number of nitrogens with zero attached hydrogens (tertiary/aromatic N) is 2. The second kappa shape index (κ2) is 6.43. The van der Waals surface area contributed by atoms with E-state index < -0.39 is 12.5 Å². The molecule has 3 rings (SSSR count). The summed E-state index contributed by atoms with van der Waals surface area (Å²) in [4.78, 5) is 17.7. The summed E-state index contributed by atoms with van der Waals surface area (Å²) in [6, 6.07) is 10.9. The third kappa shape index (κ3) is 3.02. The second-order valence-electron chi connectivity index (χ2n) is 5.67. The van der Waals surface area contributed by atoms with Gasteiger partial charge in [0.1, 0.15) is 18.3 Å². The van der Waals surface area contributed by atoms with Crippen LogP contribution in [0.4, 0.5) is 11.5 Å². The molecule has 0 bridgehead atoms. The zero-order valence-electron chi connectivity index (χ0n) is 13.5. The van der Waals surface area contributed by atoms with E-state index in [1.54, 1.807) is 44.3 Å². The molecule has 1 aliphatic rings. The van der Waals surface area contributed by atoms with Crippen LogP contribution in [0.1, 0.15) is 25.0 Å². The van der Waals surface area contributed by atoms with Gasteiger partial charge in [-0.15, -0.1) is 0 Å². The van der Waals surface area contributed by atoms with E-state index in [2.05, 4.69) is 10.3 Å². The number of nitrogens with one attached hydrogen (secondary N) is 1. The number of pyridine rings is 1. The molecule has 3 N–H and O–H groups in total. The average Bonchev–Trinajstić information content (AvgIpc) is 2.84. The van der Waals surface area contributed by atoms with Crippen LogP contribution in [0.5, 0.6) is 0 Å². The zero-order valence-corrected chi connectivity index (χ0v) is 13.5. The maximum absolute atomic E-state index is 12.1. The van der Waals surface area contributed by atoms with Gasteiger partial charge >= 0.3 is 0 Å². The molecule has 24 heavy (non-hydrogen) atoms. The van der Waals surface area contributed by atoms with Gasteiger partial charge in [-0.3, -0.25) is 4.79 Å². The van der Waals surface area contributed by atoms with E-state index in [1.807, 2.05) is 18.2 Å². The number of benzene rings is 1. The Balaban J connectivity index is 1.91. The minimum Gasteiger partial charge on any atom is -0.374 e. The molecule has 0 radical (unpaired) electrons. The van der Waals surface area contributed by atoms with Gasteiger partial charge in [-0.1, -0.05) is 12.1 Å². The smallest absolute Gasteiger partial charge is 0.257 e. The number of carbonyl (C=O) groups is 1. The standard InChI is InChI=1S/C18H19N3O3/c1-11(22)21(12(2)23)14-7-5-13(6-8-14)10-16-15-4-3-9-19-17(15)20-18(16)24/h3-12,22-23H,1-2H3,(H,19,20,24). The molecule has 2 atom stereocenters. The Morgan fingerprint density at radius 1 is 1.12 bits per heavy atom. The van der Waals surface area contributed by atoms with Crippen LogP contribution >= 0.6 is 0 Å². The van der Waals surface area contributed by atoms with Gasteiger partial charge < -0.3 is 20.4 Å². The summed E-state index contributed by atoms with van der Waals surface area (Å²) in [5.41, 5.74) is 2.88. The molecule has 1 aliphatic heterocycles. The lowest BCUT2D eigenvalue weighted by Gasteiger charge is -2.30. The monoisotopic (exact) mass is 325 g/mol. The van der Waals surface area contributed by atoms with Crippen LogP contribution in [0.15, 0.2) is 42.6 Å². The molecule has 2 heterocycles. The van der Waals surface area contributed by atoms with Crippen LogP contribution in [0, 0.1) is 0 Å². The number of anilines is 2. The summed E-state index contributed by atoms with van der Waals surface area (Å²) >= 11 is 0. The van der Waals surface area contributed by atoms with Crippen molar-refractivity contribution in [1.29, 1.82) is 0 Å². The lowest BCUT2D eigenvalue weighted by molar-refractivity contribution is -0.110. The van der Waals surface area contributed by atoms with Crippen molar-refractivity contribution in [2.24, 2.45) is 0 Å². The van der Waals surface area contributed by atoms with Crippen molar-refractivity contribution in [2.45, 2.75) is 26.3 Å². The number of amides is 1. The fourth-order valence-electron chi connectivity index (χ4n) is 2.82. The van der Waals surface area contributed by atoms with E-state index in [0.29, 0.717) is 17.1 Å². The molecule has 0 saturated carbocycles. The third-order valence-electron chi connectivity index (χ3n) is 3.88. The van der Waals surface area contributed by atoms with Crippen molar-refractivity contribution in [3.8, 4) is 0 Å². The van der Waals surface area contributed by atoms with Crippen LogP contribution in [-0.2, 0) is 4.79 Å². The third-order valence-corrected chi connectivity index (χ3v) is 3.88. The molecule has 1 aromatic carbocycles. The van der Waals surface area contributed by atoms with Gasteiger partial charge in [-0.05, 0) is 49.8 Å². The van der Waals surface area contributed by atoms with E-state index >= 15 is 0 Å². The molecule has 0 saturated heterocycles. The normalized spacial score (nSPS) is 17.3. The molecule has 1 amide bonds. The molecule has 124 valence electrons. The summed E-state index contributed by atoms with van der Waals surface area (Å²) in [5.74, 6) is 0.391. The summed E-state index contributed by atoms with van der Waals surface area (Å²) in [6.45, 7) is 3.19. The fraction of sp³-hybridized carbons (Fsp3) is 0.222. The summed E-state index contributed by atoms with van der Waals surface area (Å²) in [5, 5.41) is 22.3. The van der Waals surface area contributed by atoms with Crippen LogP contribution in [0.2, 0.25) is 0 Å². The molecule has 0 aliphatic carbocycles. The zero-order chi connectivity index (χ0) is 17.3. The molecule has 2 aromatic rings. The Bertz CT molecular complexity index is 774. The quantitative estimate of drug-likeness (QED) is 0.592. The highest BCUT2D eigenvalue weighted by Crippen LogP contribution is 2.31. The van der Waals surface area contributed by atoms with Gasteiger partial charge in [-0.25, -0.2) is 4.98 Å². The first-order valence-corrected chi connectivity index (χ1v) is 7.70. The highest BCUT2D eigenvalue weighted by Gasteiger charge is 2.24. The van der Waals surface area contributed by atoms with Crippen LogP contribution in [0.25, 0.3) is 11.6 Å². The maximum Gasteiger partial charge on any atom is 0.257 e. The fourth-order valence-corrected chi connectivity index (χ4v) is 2.82. The minimum absolute atomic E-state index is 0.178. The van der Waals surface area contributed by atoms with Crippen LogP contribution in [-0.4, -0.2) is 33.6 Å². The Kier molecular flexibility index (Phi) is 4.33. The first-order chi connectivity index (χ1) is 11.5. The van der Waals surface area contributed by atoms with Crippen molar-refractivity contribution in [2.75, 3.05) is 10.2 Å². The van der Waals surface area contributed by atoms with Gasteiger partial charge in [-0.2, -0.15) is 0 Å². The van der Waals surface area contributed by atoms with E-state index in [0.717, 1.165) is 11.1 Å². The molecular weight excluding hydrogens is 306 g/mol. The first kappa shape index (κ1) is 16.2. The van der Waals surface area contributed by atoms with E-state index in [-0.39, 0.29) is 5.91 Å². The molecular formula is C18H19N3O3. The number of aliphatic hydroxyl groups excluding tert-OH is 2. The Morgan fingerprint density at radius 2 is 1.79 bits per heavy atom. The van der Waals surface area contributed by atoms with Crippen molar-refractivity contribution < 1.29 is 15.0 Å². The number of fused-ring (bicyclic) bond motifs is 1. The van der Waals surface area contributed by atoms with Gasteiger partial charge in [0.25, 0.3) is 5.91 Å². The Morgan fingerprint density at radius 3 is 2.42 bits per heavy atom. The maximum atomic E-state index is 12.1. The van der Waals surface area contributed by atoms with Crippen molar-refractivity contribution in [3.63, 3.8) is 0 Å². The van der Waals surface area contributed by atoms with Crippen molar-refractivity contribution in [1.82, 2.24) is 4.98 Å². The molecule has 6 heteroatoms. The lowest BCUT2D eigenvalue weighted by atomic mass is 10.1. The van der Waals surface area contributed by atoms with Crippen molar-refractivity contribution >= 4 is 29.1 Å². The highest BCUT2D eigenvalue weighted by molar-refractivity contribution is 6.34. The van der Waals surface area contributed by atoms with Gasteiger partial charge in [0.15, 0.2) is 0 Å². The minimum atomic E-state index is -0.812. The van der Waals surface area contributed by atoms with Gasteiger partial charge in [0, 0.05) is 17.4 Å². The number of carbonyl (C=O) groups excluding carboxylic acids is 1. The van der Waals surface area contributed by atoms with Gasteiger partial charge in [0.2, 0.25) is 0 Å². The highest BCUT2D eigenvalue weighted by atomic mass is 16.3. The number of hydrogen-bond acceptors (Lipinski definition) is 5. The van der Waals surface area contributed by atoms with Crippen LogP contribution < -0.4 is 10.2 Å². The lowest BCUT2D eigenvalue weighted by Crippen LogP contribution is -2.40.